The van der Waals surface area contributed by atoms with Crippen molar-refractivity contribution < 1.29 is 14.3 Å². The van der Waals surface area contributed by atoms with Crippen LogP contribution in [0, 0.1) is 0 Å². The van der Waals surface area contributed by atoms with Crippen molar-refractivity contribution in [3.8, 4) is 11.5 Å². The first-order valence-corrected chi connectivity index (χ1v) is 7.18. The Kier molecular flexibility index (Phi) is 3.42. The summed E-state index contributed by atoms with van der Waals surface area (Å²) in [6.07, 6.45) is 0.874. The van der Waals surface area contributed by atoms with Crippen molar-refractivity contribution in [1.82, 2.24) is 9.80 Å². The van der Waals surface area contributed by atoms with Crippen molar-refractivity contribution in [2.75, 3.05) is 26.4 Å². The Labute approximate surface area is 119 Å². The van der Waals surface area contributed by atoms with Gasteiger partial charge < -0.3 is 19.3 Å². The number of nitrogens with zero attached hydrogens (tertiary/aromatic N) is 2. The Morgan fingerprint density at radius 2 is 1.85 bits per heavy atom. The molecule has 2 amide bonds. The maximum atomic E-state index is 12.4. The van der Waals surface area contributed by atoms with Crippen LogP contribution in [-0.2, 0) is 13.0 Å². The highest BCUT2D eigenvalue weighted by Gasteiger charge is 2.26. The molecule has 108 valence electrons. The molecule has 0 unspecified atom stereocenters. The zero-order valence-electron chi connectivity index (χ0n) is 12.0. The molecule has 2 aliphatic heterocycles. The van der Waals surface area contributed by atoms with E-state index in [9.17, 15) is 4.79 Å². The van der Waals surface area contributed by atoms with Crippen LogP contribution < -0.4 is 9.47 Å². The molecular formula is C15H20N2O3. The zero-order chi connectivity index (χ0) is 14.1. The predicted octanol–water partition coefficient (Wildman–Crippen LogP) is 2.24. The maximum Gasteiger partial charge on any atom is 0.320 e. The fourth-order valence-electron chi connectivity index (χ4n) is 2.80. The third-order valence-electron chi connectivity index (χ3n) is 4.01. The Bertz CT molecular complexity index is 526. The average Bonchev–Trinajstić information content (AvgIpc) is 2.92. The predicted molar refractivity (Wildman–Crippen MR) is 75.0 cm³/mol. The number of amides is 2. The van der Waals surface area contributed by atoms with Crippen molar-refractivity contribution in [3.05, 3.63) is 23.3 Å². The summed E-state index contributed by atoms with van der Waals surface area (Å²) in [4.78, 5) is 16.2. The SMILES string of the molecule is CCN(CC)C(=O)N1CCc2cc3c(cc2C1)OCO3. The monoisotopic (exact) mass is 276 g/mol. The van der Waals surface area contributed by atoms with Gasteiger partial charge in [-0.3, -0.25) is 0 Å². The summed E-state index contributed by atoms with van der Waals surface area (Å²) in [7, 11) is 0. The number of benzene rings is 1. The van der Waals surface area contributed by atoms with Gasteiger partial charge in [0.05, 0.1) is 0 Å². The summed E-state index contributed by atoms with van der Waals surface area (Å²) in [5, 5.41) is 0. The molecule has 1 aromatic carbocycles. The van der Waals surface area contributed by atoms with Crippen LogP contribution in [0.25, 0.3) is 0 Å². The Morgan fingerprint density at radius 1 is 1.20 bits per heavy atom. The van der Waals surface area contributed by atoms with Gasteiger partial charge in [-0.05, 0) is 43.5 Å². The average molecular weight is 276 g/mol. The van der Waals surface area contributed by atoms with E-state index in [4.69, 9.17) is 9.47 Å². The van der Waals surface area contributed by atoms with Gasteiger partial charge in [0, 0.05) is 26.2 Å². The van der Waals surface area contributed by atoms with E-state index in [0.717, 1.165) is 37.6 Å². The lowest BCUT2D eigenvalue weighted by Crippen LogP contribution is -2.45. The van der Waals surface area contributed by atoms with E-state index < -0.39 is 0 Å². The van der Waals surface area contributed by atoms with E-state index in [1.807, 2.05) is 29.7 Å². The van der Waals surface area contributed by atoms with Crippen LogP contribution in [0.3, 0.4) is 0 Å². The second-order valence-corrected chi connectivity index (χ2v) is 5.10. The number of carbonyl (C=O) groups excluding carboxylic acids is 1. The minimum Gasteiger partial charge on any atom is -0.454 e. The van der Waals surface area contributed by atoms with Crippen LogP contribution in [0.5, 0.6) is 11.5 Å². The first kappa shape index (κ1) is 13.1. The molecule has 0 saturated carbocycles. The van der Waals surface area contributed by atoms with Gasteiger partial charge in [-0.15, -0.1) is 0 Å². The molecule has 1 aromatic rings. The summed E-state index contributed by atoms with van der Waals surface area (Å²) in [5.74, 6) is 1.62. The molecule has 3 rings (SSSR count). The summed E-state index contributed by atoms with van der Waals surface area (Å²) in [5.41, 5.74) is 2.43. The van der Waals surface area contributed by atoms with Crippen molar-refractivity contribution in [3.63, 3.8) is 0 Å². The molecule has 2 aliphatic rings. The second kappa shape index (κ2) is 5.23. The number of carbonyl (C=O) groups is 1. The Morgan fingerprint density at radius 3 is 2.50 bits per heavy atom. The van der Waals surface area contributed by atoms with Gasteiger partial charge in [-0.25, -0.2) is 4.79 Å². The van der Waals surface area contributed by atoms with E-state index in [1.54, 1.807) is 0 Å². The van der Waals surface area contributed by atoms with Crippen molar-refractivity contribution in [2.24, 2.45) is 0 Å². The van der Waals surface area contributed by atoms with Crippen LogP contribution in [0.1, 0.15) is 25.0 Å². The molecule has 0 aliphatic carbocycles. The van der Waals surface area contributed by atoms with E-state index in [1.165, 1.54) is 11.1 Å². The molecule has 0 N–H and O–H groups in total. The first-order valence-electron chi connectivity index (χ1n) is 7.18. The molecule has 0 spiro atoms. The zero-order valence-corrected chi connectivity index (χ0v) is 12.0. The van der Waals surface area contributed by atoms with Crippen LogP contribution in [-0.4, -0.2) is 42.3 Å². The summed E-state index contributed by atoms with van der Waals surface area (Å²) in [6, 6.07) is 4.19. The number of rotatable bonds is 2. The highest BCUT2D eigenvalue weighted by molar-refractivity contribution is 5.75. The van der Waals surface area contributed by atoms with Gasteiger partial charge >= 0.3 is 6.03 Å². The highest BCUT2D eigenvalue weighted by atomic mass is 16.7. The van der Waals surface area contributed by atoms with Gasteiger partial charge in [0.15, 0.2) is 11.5 Å². The van der Waals surface area contributed by atoms with Crippen LogP contribution in [0.4, 0.5) is 4.79 Å². The van der Waals surface area contributed by atoms with Crippen LogP contribution >= 0.6 is 0 Å². The highest BCUT2D eigenvalue weighted by Crippen LogP contribution is 2.36. The molecule has 0 saturated heterocycles. The standard InChI is InChI=1S/C15H20N2O3/c1-3-16(4-2)15(18)17-6-5-11-7-13-14(20-10-19-13)8-12(11)9-17/h7-8H,3-6,9-10H2,1-2H3. The lowest BCUT2D eigenvalue weighted by Gasteiger charge is -2.33. The normalized spacial score (nSPS) is 16.0. The number of ether oxygens (including phenoxy) is 2. The largest absolute Gasteiger partial charge is 0.454 e. The van der Waals surface area contributed by atoms with Crippen LogP contribution in [0.15, 0.2) is 12.1 Å². The fourth-order valence-corrected chi connectivity index (χ4v) is 2.80. The van der Waals surface area contributed by atoms with Gasteiger partial charge in [-0.1, -0.05) is 0 Å². The third kappa shape index (κ3) is 2.17. The topological polar surface area (TPSA) is 42.0 Å². The molecular weight excluding hydrogens is 256 g/mol. The molecule has 5 heteroatoms. The van der Waals surface area contributed by atoms with Crippen molar-refractivity contribution in [2.45, 2.75) is 26.8 Å². The number of hydrogen-bond acceptors (Lipinski definition) is 3. The fraction of sp³-hybridized carbons (Fsp3) is 0.533. The first-order chi connectivity index (χ1) is 9.72. The molecule has 0 bridgehead atoms. The van der Waals surface area contributed by atoms with Gasteiger partial charge in [-0.2, -0.15) is 0 Å². The summed E-state index contributed by atoms with van der Waals surface area (Å²) >= 11 is 0. The molecule has 5 nitrogen and oxygen atoms in total. The van der Waals surface area contributed by atoms with E-state index in [0.29, 0.717) is 13.3 Å². The molecule has 20 heavy (non-hydrogen) atoms. The molecule has 0 atom stereocenters. The molecule has 0 aromatic heterocycles. The smallest absolute Gasteiger partial charge is 0.320 e. The number of hydrogen-bond donors (Lipinski definition) is 0. The summed E-state index contributed by atoms with van der Waals surface area (Å²) in [6.45, 7) is 7.23. The van der Waals surface area contributed by atoms with E-state index >= 15 is 0 Å². The van der Waals surface area contributed by atoms with Gasteiger partial charge in [0.1, 0.15) is 0 Å². The van der Waals surface area contributed by atoms with Gasteiger partial charge in [0.25, 0.3) is 0 Å². The van der Waals surface area contributed by atoms with E-state index in [2.05, 4.69) is 6.07 Å². The minimum atomic E-state index is 0.123. The minimum absolute atomic E-state index is 0.123. The molecule has 0 radical (unpaired) electrons. The third-order valence-corrected chi connectivity index (χ3v) is 4.01. The Balaban J connectivity index is 1.80. The van der Waals surface area contributed by atoms with Crippen molar-refractivity contribution in [1.29, 1.82) is 0 Å². The lowest BCUT2D eigenvalue weighted by molar-refractivity contribution is 0.152. The maximum absolute atomic E-state index is 12.4. The van der Waals surface area contributed by atoms with Gasteiger partial charge in [0.2, 0.25) is 6.79 Å². The quantitative estimate of drug-likeness (QED) is 0.832. The van der Waals surface area contributed by atoms with Crippen LogP contribution in [0.2, 0.25) is 0 Å². The number of urea groups is 1. The summed E-state index contributed by atoms with van der Waals surface area (Å²) < 4.78 is 10.8. The second-order valence-electron chi connectivity index (χ2n) is 5.10. The number of fused-ring (bicyclic) bond motifs is 2. The molecule has 2 heterocycles. The van der Waals surface area contributed by atoms with E-state index in [-0.39, 0.29) is 6.03 Å². The Hall–Kier alpha value is -1.91. The van der Waals surface area contributed by atoms with Crippen molar-refractivity contribution >= 4 is 6.03 Å². The lowest BCUT2D eigenvalue weighted by atomic mass is 9.99. The molecule has 0 fully saturated rings.